The highest BCUT2D eigenvalue weighted by Crippen LogP contribution is 2.18. The highest BCUT2D eigenvalue weighted by Gasteiger charge is 2.18. The van der Waals surface area contributed by atoms with E-state index in [1.165, 1.54) is 289 Å². The lowest BCUT2D eigenvalue weighted by molar-refractivity contribution is -0.143. The molecule has 0 aromatic carbocycles. The summed E-state index contributed by atoms with van der Waals surface area (Å²) < 4.78 is 5.50. The Morgan fingerprint density at radius 1 is 0.373 bits per heavy atom. The Morgan fingerprint density at radius 3 is 1.04 bits per heavy atom. The van der Waals surface area contributed by atoms with Crippen LogP contribution in [0.5, 0.6) is 0 Å². The first-order valence-corrected chi connectivity index (χ1v) is 33.8. The van der Waals surface area contributed by atoms with Crippen LogP contribution < -0.4 is 5.32 Å². The van der Waals surface area contributed by atoms with E-state index in [9.17, 15) is 19.8 Å². The van der Waals surface area contributed by atoms with Crippen LogP contribution in [0.1, 0.15) is 367 Å². The number of carbonyl (C=O) groups excluding carboxylic acids is 2. The first kappa shape index (κ1) is 73.1. The van der Waals surface area contributed by atoms with E-state index in [4.69, 9.17) is 4.74 Å². The third-order valence-electron chi connectivity index (χ3n) is 15.7. The second-order valence-corrected chi connectivity index (χ2v) is 23.2. The van der Waals surface area contributed by atoms with Crippen molar-refractivity contribution in [2.75, 3.05) is 13.2 Å². The van der Waals surface area contributed by atoms with Gasteiger partial charge in [-0.3, -0.25) is 9.59 Å². The van der Waals surface area contributed by atoms with Gasteiger partial charge in [0.15, 0.2) is 0 Å². The fraction of sp³-hybridized carbons (Fsp3) is 0.884. The molecule has 0 saturated carbocycles. The van der Waals surface area contributed by atoms with Gasteiger partial charge in [0.25, 0.3) is 0 Å². The van der Waals surface area contributed by atoms with E-state index >= 15 is 0 Å². The van der Waals surface area contributed by atoms with Crippen LogP contribution >= 0.6 is 0 Å². The van der Waals surface area contributed by atoms with Crippen molar-refractivity contribution in [1.29, 1.82) is 0 Å². The molecule has 0 aliphatic carbocycles. The van der Waals surface area contributed by atoms with Crippen LogP contribution in [0.2, 0.25) is 0 Å². The third-order valence-corrected chi connectivity index (χ3v) is 15.7. The van der Waals surface area contributed by atoms with Crippen molar-refractivity contribution in [3.8, 4) is 0 Å². The van der Waals surface area contributed by atoms with Gasteiger partial charge in [0, 0.05) is 12.8 Å². The zero-order chi connectivity index (χ0) is 54.3. The normalized spacial score (nSPS) is 12.7. The first-order valence-electron chi connectivity index (χ1n) is 33.8. The minimum atomic E-state index is -0.842. The number of carbonyl (C=O) groups is 2. The van der Waals surface area contributed by atoms with Gasteiger partial charge in [0.1, 0.15) is 0 Å². The van der Waals surface area contributed by atoms with E-state index in [0.717, 1.165) is 51.4 Å². The molecule has 1 amide bonds. The SMILES string of the molecule is CCCCC/C=C\C/C=C\CCCCCCCCCC(=O)OCCCCCCCCCCCCCCCCCCCCCCCCCCCCCC(=O)NC(CO)C(O)/C=C/CCCCCCCCCCCCCC. The second-order valence-electron chi connectivity index (χ2n) is 23.2. The number of nitrogens with one attached hydrogen (secondary N) is 1. The summed E-state index contributed by atoms with van der Waals surface area (Å²) in [7, 11) is 0. The zero-order valence-corrected chi connectivity index (χ0v) is 50.5. The standard InChI is InChI=1S/C69H131NO5/c1-3-5-7-9-11-13-15-17-19-31-35-39-43-47-51-55-59-63-69(74)75-64-60-56-52-48-44-40-36-33-30-28-26-24-22-20-21-23-25-27-29-32-34-38-42-46-50-54-58-62-68(73)70-66(65-71)67(72)61-57-53-49-45-41-37-18-16-14-12-10-8-6-4-2/h11,13,17,19,57,61,66-67,71-72H,3-10,12,14-16,18,20-56,58-60,62-65H2,1-2H3,(H,70,73)/b13-11-,19-17-,61-57+. The van der Waals surface area contributed by atoms with Gasteiger partial charge in [-0.15, -0.1) is 0 Å². The Morgan fingerprint density at radius 2 is 0.667 bits per heavy atom. The number of aliphatic hydroxyl groups excluding tert-OH is 2. The molecule has 0 aliphatic rings. The molecule has 0 saturated heterocycles. The Kier molecular flexibility index (Phi) is 63.0. The second kappa shape index (κ2) is 64.6. The first-order chi connectivity index (χ1) is 37.0. The molecule has 75 heavy (non-hydrogen) atoms. The lowest BCUT2D eigenvalue weighted by Crippen LogP contribution is -2.45. The van der Waals surface area contributed by atoms with Crippen molar-refractivity contribution in [1.82, 2.24) is 5.32 Å². The van der Waals surface area contributed by atoms with Gasteiger partial charge in [-0.25, -0.2) is 0 Å². The van der Waals surface area contributed by atoms with Gasteiger partial charge in [-0.2, -0.15) is 0 Å². The topological polar surface area (TPSA) is 95.9 Å². The van der Waals surface area contributed by atoms with E-state index in [-0.39, 0.29) is 18.5 Å². The quantitative estimate of drug-likeness (QED) is 0.0320. The predicted octanol–water partition coefficient (Wildman–Crippen LogP) is 21.5. The fourth-order valence-electron chi connectivity index (χ4n) is 10.5. The van der Waals surface area contributed by atoms with Crippen LogP contribution in [0.4, 0.5) is 0 Å². The molecule has 6 nitrogen and oxygen atoms in total. The lowest BCUT2D eigenvalue weighted by Gasteiger charge is -2.20. The van der Waals surface area contributed by atoms with Crippen molar-refractivity contribution < 1.29 is 24.5 Å². The number of aliphatic hydroxyl groups is 2. The minimum absolute atomic E-state index is 0.0101. The number of ether oxygens (including phenoxy) is 1. The lowest BCUT2D eigenvalue weighted by atomic mass is 10.0. The molecular weight excluding hydrogens is 923 g/mol. The molecule has 3 N–H and O–H groups in total. The molecule has 442 valence electrons. The van der Waals surface area contributed by atoms with Crippen molar-refractivity contribution in [2.24, 2.45) is 0 Å². The van der Waals surface area contributed by atoms with Crippen LogP contribution in [0, 0.1) is 0 Å². The van der Waals surface area contributed by atoms with Gasteiger partial charge in [-0.05, 0) is 64.2 Å². The molecule has 0 aromatic heterocycles. The molecule has 0 spiro atoms. The van der Waals surface area contributed by atoms with Crippen LogP contribution in [0.25, 0.3) is 0 Å². The molecule has 2 unspecified atom stereocenters. The number of rotatable bonds is 63. The number of hydrogen-bond donors (Lipinski definition) is 3. The summed E-state index contributed by atoms with van der Waals surface area (Å²) in [5.74, 6) is -0.0538. The third kappa shape index (κ3) is 61.2. The average molecular weight is 1050 g/mol. The molecule has 6 heteroatoms. The van der Waals surface area contributed by atoms with Crippen LogP contribution in [0.15, 0.2) is 36.5 Å². The summed E-state index contributed by atoms with van der Waals surface area (Å²) in [6.07, 6.45) is 82.1. The molecule has 0 fully saturated rings. The fourth-order valence-corrected chi connectivity index (χ4v) is 10.5. The van der Waals surface area contributed by atoms with Gasteiger partial charge in [0.05, 0.1) is 25.4 Å². The highest BCUT2D eigenvalue weighted by molar-refractivity contribution is 5.76. The van der Waals surface area contributed by atoms with Gasteiger partial charge in [0.2, 0.25) is 5.91 Å². The Balaban J connectivity index is 3.35. The maximum absolute atomic E-state index is 12.5. The molecule has 0 radical (unpaired) electrons. The number of hydrogen-bond acceptors (Lipinski definition) is 5. The number of unbranched alkanes of at least 4 members (excludes halogenated alkanes) is 48. The summed E-state index contributed by atoms with van der Waals surface area (Å²) >= 11 is 0. The zero-order valence-electron chi connectivity index (χ0n) is 50.5. The van der Waals surface area contributed by atoms with Crippen LogP contribution in [-0.2, 0) is 14.3 Å². The largest absolute Gasteiger partial charge is 0.466 e. The average Bonchev–Trinajstić information content (AvgIpc) is 3.41. The summed E-state index contributed by atoms with van der Waals surface area (Å²) in [4.78, 5) is 24.6. The van der Waals surface area contributed by atoms with Crippen LogP contribution in [-0.4, -0.2) is 47.4 Å². The van der Waals surface area contributed by atoms with Gasteiger partial charge < -0.3 is 20.3 Å². The van der Waals surface area contributed by atoms with E-state index in [1.54, 1.807) is 6.08 Å². The number of esters is 1. The Bertz CT molecular complexity index is 1210. The van der Waals surface area contributed by atoms with Gasteiger partial charge >= 0.3 is 5.97 Å². The maximum atomic E-state index is 12.5. The molecule has 0 bridgehead atoms. The minimum Gasteiger partial charge on any atom is -0.466 e. The molecule has 0 heterocycles. The van der Waals surface area contributed by atoms with E-state index in [0.29, 0.717) is 19.4 Å². The number of amides is 1. The Hall–Kier alpha value is -1.92. The molecule has 0 aliphatic heterocycles. The molecule has 0 aromatic rings. The predicted molar refractivity (Wildman–Crippen MR) is 329 cm³/mol. The van der Waals surface area contributed by atoms with Crippen molar-refractivity contribution >= 4 is 11.9 Å². The van der Waals surface area contributed by atoms with Crippen LogP contribution in [0.3, 0.4) is 0 Å². The summed E-state index contributed by atoms with van der Waals surface area (Å²) in [5, 5.41) is 23.1. The van der Waals surface area contributed by atoms with E-state index < -0.39 is 12.1 Å². The maximum Gasteiger partial charge on any atom is 0.305 e. The molecular formula is C69H131NO5. The molecule has 0 rings (SSSR count). The summed E-state index contributed by atoms with van der Waals surface area (Å²) in [6, 6.07) is -0.625. The highest BCUT2D eigenvalue weighted by atomic mass is 16.5. The van der Waals surface area contributed by atoms with E-state index in [1.807, 2.05) is 6.08 Å². The van der Waals surface area contributed by atoms with Gasteiger partial charge in [-0.1, -0.05) is 326 Å². The summed E-state index contributed by atoms with van der Waals surface area (Å²) in [5.41, 5.74) is 0. The number of allylic oxidation sites excluding steroid dienone is 5. The van der Waals surface area contributed by atoms with Crippen molar-refractivity contribution in [3.63, 3.8) is 0 Å². The van der Waals surface area contributed by atoms with Crippen molar-refractivity contribution in [2.45, 2.75) is 379 Å². The molecule has 2 atom stereocenters. The van der Waals surface area contributed by atoms with Crippen molar-refractivity contribution in [3.05, 3.63) is 36.5 Å². The van der Waals surface area contributed by atoms with E-state index in [2.05, 4.69) is 43.5 Å². The monoisotopic (exact) mass is 1050 g/mol. The smallest absolute Gasteiger partial charge is 0.305 e. The Labute approximate surface area is 468 Å². The summed E-state index contributed by atoms with van der Waals surface area (Å²) in [6.45, 7) is 4.90.